The zero-order chi connectivity index (χ0) is 19.8. The molecule has 1 aromatic carbocycles. The SMILES string of the molecule is COc1cc(N2CC(N(C)C)C2)c([N+](=O)[O-])cc1Nc1cccn2nccc12. The van der Waals surface area contributed by atoms with E-state index in [1.165, 1.54) is 6.07 Å². The number of nitro groups is 1. The van der Waals surface area contributed by atoms with Gasteiger partial charge in [0.1, 0.15) is 11.4 Å². The first kappa shape index (κ1) is 18.1. The third kappa shape index (κ3) is 3.09. The topological polar surface area (TPSA) is 88.2 Å². The molecule has 0 spiro atoms. The molecule has 9 heteroatoms. The fourth-order valence-corrected chi connectivity index (χ4v) is 3.41. The number of nitro benzene ring substituents is 1. The van der Waals surface area contributed by atoms with Crippen molar-refractivity contribution in [2.75, 3.05) is 44.5 Å². The Hall–Kier alpha value is -3.33. The number of pyridine rings is 1. The summed E-state index contributed by atoms with van der Waals surface area (Å²) in [4.78, 5) is 15.5. The maximum atomic E-state index is 11.7. The van der Waals surface area contributed by atoms with Crippen LogP contribution in [-0.4, -0.2) is 59.8 Å². The highest BCUT2D eigenvalue weighted by Crippen LogP contribution is 2.41. The molecule has 1 aliphatic rings. The van der Waals surface area contributed by atoms with E-state index in [-0.39, 0.29) is 10.6 Å². The molecule has 0 radical (unpaired) electrons. The molecule has 0 saturated carbocycles. The third-order valence-electron chi connectivity index (χ3n) is 5.13. The highest BCUT2D eigenvalue weighted by molar-refractivity contribution is 5.83. The second-order valence-electron chi connectivity index (χ2n) is 7.03. The van der Waals surface area contributed by atoms with Crippen molar-refractivity contribution in [3.63, 3.8) is 0 Å². The number of likely N-dealkylation sites (N-methyl/N-ethyl adjacent to an activating group) is 1. The average molecular weight is 382 g/mol. The minimum atomic E-state index is -0.345. The van der Waals surface area contributed by atoms with Gasteiger partial charge in [-0.15, -0.1) is 0 Å². The lowest BCUT2D eigenvalue weighted by Crippen LogP contribution is -2.57. The van der Waals surface area contributed by atoms with Gasteiger partial charge in [-0.1, -0.05) is 0 Å². The maximum absolute atomic E-state index is 11.7. The van der Waals surface area contributed by atoms with E-state index in [9.17, 15) is 10.1 Å². The Labute approximate surface area is 162 Å². The second-order valence-corrected chi connectivity index (χ2v) is 7.03. The van der Waals surface area contributed by atoms with Crippen molar-refractivity contribution in [1.29, 1.82) is 0 Å². The van der Waals surface area contributed by atoms with Gasteiger partial charge >= 0.3 is 0 Å². The van der Waals surface area contributed by atoms with Gasteiger partial charge in [-0.05, 0) is 32.3 Å². The van der Waals surface area contributed by atoms with Crippen molar-refractivity contribution in [3.05, 3.63) is 52.8 Å². The van der Waals surface area contributed by atoms with Crippen LogP contribution < -0.4 is 15.0 Å². The lowest BCUT2D eigenvalue weighted by atomic mass is 10.1. The van der Waals surface area contributed by atoms with Crippen molar-refractivity contribution in [2.24, 2.45) is 0 Å². The van der Waals surface area contributed by atoms with E-state index in [0.29, 0.717) is 23.2 Å². The van der Waals surface area contributed by atoms with Crippen LogP contribution in [0.5, 0.6) is 5.75 Å². The molecular weight excluding hydrogens is 360 g/mol. The van der Waals surface area contributed by atoms with Crippen LogP contribution in [0.4, 0.5) is 22.7 Å². The number of nitrogens with one attached hydrogen (secondary N) is 1. The molecule has 0 unspecified atom stereocenters. The van der Waals surface area contributed by atoms with E-state index in [0.717, 1.165) is 24.3 Å². The molecule has 1 saturated heterocycles. The molecule has 2 aromatic heterocycles. The highest BCUT2D eigenvalue weighted by Gasteiger charge is 2.33. The summed E-state index contributed by atoms with van der Waals surface area (Å²) in [6.07, 6.45) is 3.54. The van der Waals surface area contributed by atoms with Gasteiger partial charge < -0.3 is 19.9 Å². The summed E-state index contributed by atoms with van der Waals surface area (Å²) in [5.74, 6) is 0.551. The number of aromatic nitrogens is 2. The first-order valence-corrected chi connectivity index (χ1v) is 8.95. The predicted octanol–water partition coefficient (Wildman–Crippen LogP) is 2.74. The standard InChI is InChI=1S/C19H22N6O3/c1-22(2)13-11-23(12-13)17-10-19(28-3)15(9-18(17)25(26)27)21-14-5-4-8-24-16(14)6-7-20-24/h4-10,13,21H,11-12H2,1-3H3. The smallest absolute Gasteiger partial charge is 0.294 e. The normalized spacial score (nSPS) is 14.4. The fourth-order valence-electron chi connectivity index (χ4n) is 3.41. The second kappa shape index (κ2) is 7.01. The van der Waals surface area contributed by atoms with Gasteiger partial charge in [0, 0.05) is 37.5 Å². The van der Waals surface area contributed by atoms with Gasteiger partial charge in [-0.3, -0.25) is 10.1 Å². The van der Waals surface area contributed by atoms with E-state index in [2.05, 4.69) is 15.3 Å². The minimum Gasteiger partial charge on any atom is -0.494 e. The summed E-state index contributed by atoms with van der Waals surface area (Å²) in [7, 11) is 5.59. The predicted molar refractivity (Wildman–Crippen MR) is 108 cm³/mol. The first-order chi connectivity index (χ1) is 13.5. The number of benzene rings is 1. The van der Waals surface area contributed by atoms with Crippen LogP contribution in [0.3, 0.4) is 0 Å². The highest BCUT2D eigenvalue weighted by atomic mass is 16.6. The number of anilines is 3. The van der Waals surface area contributed by atoms with Gasteiger partial charge in [0.05, 0.1) is 35.1 Å². The number of hydrogen-bond acceptors (Lipinski definition) is 7. The van der Waals surface area contributed by atoms with E-state index < -0.39 is 0 Å². The van der Waals surface area contributed by atoms with Crippen LogP contribution in [0, 0.1) is 10.1 Å². The molecule has 0 bridgehead atoms. The molecule has 1 aliphatic heterocycles. The molecule has 1 N–H and O–H groups in total. The van der Waals surface area contributed by atoms with Gasteiger partial charge in [0.15, 0.2) is 0 Å². The summed E-state index contributed by atoms with van der Waals surface area (Å²) >= 11 is 0. The molecule has 0 atom stereocenters. The van der Waals surface area contributed by atoms with E-state index in [4.69, 9.17) is 4.74 Å². The Morgan fingerprint density at radius 3 is 2.75 bits per heavy atom. The number of fused-ring (bicyclic) bond motifs is 1. The summed E-state index contributed by atoms with van der Waals surface area (Å²) in [6.45, 7) is 1.50. The van der Waals surface area contributed by atoms with Crippen molar-refractivity contribution >= 4 is 28.3 Å². The molecule has 0 aliphatic carbocycles. The molecule has 146 valence electrons. The van der Waals surface area contributed by atoms with E-state index in [1.54, 1.807) is 23.9 Å². The summed E-state index contributed by atoms with van der Waals surface area (Å²) in [5.41, 5.74) is 2.83. The zero-order valence-corrected chi connectivity index (χ0v) is 16.0. The molecular formula is C19H22N6O3. The lowest BCUT2D eigenvalue weighted by molar-refractivity contribution is -0.384. The number of ether oxygens (including phenoxy) is 1. The van der Waals surface area contributed by atoms with Gasteiger partial charge in [-0.2, -0.15) is 5.10 Å². The Kier molecular flexibility index (Phi) is 4.52. The number of nitrogens with zero attached hydrogens (tertiary/aromatic N) is 5. The summed E-state index contributed by atoms with van der Waals surface area (Å²) in [5, 5.41) is 19.2. The molecule has 1 fully saturated rings. The van der Waals surface area contributed by atoms with Gasteiger partial charge in [0.2, 0.25) is 0 Å². The Morgan fingerprint density at radius 1 is 1.29 bits per heavy atom. The van der Waals surface area contributed by atoms with E-state index in [1.807, 2.05) is 43.4 Å². The van der Waals surface area contributed by atoms with Crippen molar-refractivity contribution in [2.45, 2.75) is 6.04 Å². The van der Waals surface area contributed by atoms with E-state index >= 15 is 0 Å². The molecule has 4 rings (SSSR count). The van der Waals surface area contributed by atoms with Gasteiger partial charge in [0.25, 0.3) is 5.69 Å². The molecule has 3 aromatic rings. The number of hydrogen-bond donors (Lipinski definition) is 1. The van der Waals surface area contributed by atoms with Crippen LogP contribution in [0.25, 0.3) is 5.52 Å². The molecule has 9 nitrogen and oxygen atoms in total. The minimum absolute atomic E-state index is 0.0564. The zero-order valence-electron chi connectivity index (χ0n) is 16.0. The number of rotatable bonds is 6. The van der Waals surface area contributed by atoms with Crippen molar-refractivity contribution < 1.29 is 9.66 Å². The van der Waals surface area contributed by atoms with Crippen molar-refractivity contribution in [1.82, 2.24) is 14.5 Å². The molecule has 0 amide bonds. The Morgan fingerprint density at radius 2 is 2.07 bits per heavy atom. The van der Waals surface area contributed by atoms with Crippen LogP contribution >= 0.6 is 0 Å². The largest absolute Gasteiger partial charge is 0.494 e. The van der Waals surface area contributed by atoms with Crippen LogP contribution in [0.2, 0.25) is 0 Å². The monoisotopic (exact) mass is 382 g/mol. The maximum Gasteiger partial charge on any atom is 0.294 e. The Bertz CT molecular complexity index is 1030. The Balaban J connectivity index is 1.71. The van der Waals surface area contributed by atoms with Crippen molar-refractivity contribution in [3.8, 4) is 5.75 Å². The molecule has 28 heavy (non-hydrogen) atoms. The summed E-state index contributed by atoms with van der Waals surface area (Å²) < 4.78 is 7.27. The van der Waals surface area contributed by atoms with Crippen LogP contribution in [-0.2, 0) is 0 Å². The lowest BCUT2D eigenvalue weighted by Gasteiger charge is -2.44. The quantitative estimate of drug-likeness (QED) is 0.518. The van der Waals surface area contributed by atoms with Gasteiger partial charge in [-0.25, -0.2) is 4.52 Å². The van der Waals surface area contributed by atoms with Crippen LogP contribution in [0.1, 0.15) is 0 Å². The molecule has 3 heterocycles. The average Bonchev–Trinajstić information content (AvgIpc) is 3.10. The third-order valence-corrected chi connectivity index (χ3v) is 5.13. The summed E-state index contributed by atoms with van der Waals surface area (Å²) in [6, 6.07) is 9.30. The van der Waals surface area contributed by atoms with Crippen LogP contribution in [0.15, 0.2) is 42.7 Å². The number of methoxy groups -OCH3 is 1. The first-order valence-electron chi connectivity index (χ1n) is 8.95. The fraction of sp³-hybridized carbons (Fsp3) is 0.316.